The fraction of sp³-hybridized carbons (Fsp3) is 0.304. The van der Waals surface area contributed by atoms with E-state index in [9.17, 15) is 23.1 Å². The highest BCUT2D eigenvalue weighted by Crippen LogP contribution is 2.24. The standard InChI is InChI=1S/C23H26N2O6S/c1-4-31-22(26)15-24(32(29,30)18-10-8-16(2)9-11-18)12-13-25-20-7-5-6-17(3)19(20)14-21(25)23(27)28/h5-11,14H,4,12-13,15H2,1-3H3,(H,27,28). The number of fused-ring (bicyclic) bond motifs is 1. The van der Waals surface area contributed by atoms with Crippen molar-refractivity contribution >= 4 is 32.9 Å². The summed E-state index contributed by atoms with van der Waals surface area (Å²) in [5, 5.41) is 10.5. The van der Waals surface area contributed by atoms with Crippen LogP contribution in [0.2, 0.25) is 0 Å². The second-order valence-electron chi connectivity index (χ2n) is 7.45. The number of aromatic nitrogens is 1. The first-order chi connectivity index (χ1) is 15.1. The monoisotopic (exact) mass is 458 g/mol. The number of carbonyl (C=O) groups is 2. The number of carboxylic acid groups (broad SMARTS) is 1. The van der Waals surface area contributed by atoms with Crippen LogP contribution in [0.15, 0.2) is 53.4 Å². The third kappa shape index (κ3) is 4.84. The molecule has 0 spiro atoms. The average molecular weight is 459 g/mol. The van der Waals surface area contributed by atoms with Gasteiger partial charge in [-0.05, 0) is 50.6 Å². The van der Waals surface area contributed by atoms with Crippen molar-refractivity contribution in [1.82, 2.24) is 8.87 Å². The van der Waals surface area contributed by atoms with Gasteiger partial charge in [-0.15, -0.1) is 0 Å². The number of aryl methyl sites for hydroxylation is 2. The molecular weight excluding hydrogens is 432 g/mol. The van der Waals surface area contributed by atoms with Gasteiger partial charge in [0.15, 0.2) is 0 Å². The molecule has 3 aromatic rings. The first-order valence-corrected chi connectivity index (χ1v) is 11.6. The van der Waals surface area contributed by atoms with E-state index < -0.39 is 28.5 Å². The molecule has 0 fully saturated rings. The molecule has 9 heteroatoms. The molecule has 1 aromatic heterocycles. The van der Waals surface area contributed by atoms with Crippen LogP contribution in [0.1, 0.15) is 28.5 Å². The van der Waals surface area contributed by atoms with Gasteiger partial charge < -0.3 is 14.4 Å². The number of aromatic carboxylic acids is 1. The first kappa shape index (κ1) is 23.5. The Labute approximate surface area is 187 Å². The molecule has 3 rings (SSSR count). The Morgan fingerprint density at radius 3 is 2.41 bits per heavy atom. The molecule has 0 aliphatic carbocycles. The molecule has 8 nitrogen and oxygen atoms in total. The Kier molecular flexibility index (Phi) is 7.00. The second kappa shape index (κ2) is 9.54. The van der Waals surface area contributed by atoms with Gasteiger partial charge in [0.05, 0.1) is 11.5 Å². The predicted octanol–water partition coefficient (Wildman–Crippen LogP) is 3.21. The Morgan fingerprint density at radius 1 is 1.09 bits per heavy atom. The topological polar surface area (TPSA) is 106 Å². The van der Waals surface area contributed by atoms with Gasteiger partial charge in [-0.2, -0.15) is 4.31 Å². The number of sulfonamides is 1. The normalized spacial score (nSPS) is 11.8. The Balaban J connectivity index is 1.98. The minimum Gasteiger partial charge on any atom is -0.477 e. The molecule has 0 aliphatic rings. The number of carboxylic acids is 1. The van der Waals surface area contributed by atoms with Crippen molar-refractivity contribution in [3.8, 4) is 0 Å². The Hall–Kier alpha value is -3.17. The molecule has 0 bridgehead atoms. The van der Waals surface area contributed by atoms with Gasteiger partial charge in [0.2, 0.25) is 10.0 Å². The van der Waals surface area contributed by atoms with Crippen LogP contribution in [0, 0.1) is 13.8 Å². The number of rotatable bonds is 9. The van der Waals surface area contributed by atoms with Crippen molar-refractivity contribution in [1.29, 1.82) is 0 Å². The van der Waals surface area contributed by atoms with Crippen molar-refractivity contribution in [3.63, 3.8) is 0 Å². The summed E-state index contributed by atoms with van der Waals surface area (Å²) in [5.41, 5.74) is 2.56. The van der Waals surface area contributed by atoms with Gasteiger partial charge in [0.25, 0.3) is 0 Å². The van der Waals surface area contributed by atoms with Crippen molar-refractivity contribution in [2.45, 2.75) is 32.2 Å². The van der Waals surface area contributed by atoms with Crippen LogP contribution in [-0.2, 0) is 26.1 Å². The summed E-state index contributed by atoms with van der Waals surface area (Å²) in [5.74, 6) is -1.78. The molecule has 2 aromatic carbocycles. The van der Waals surface area contributed by atoms with Crippen LogP contribution in [0.3, 0.4) is 0 Å². The highest BCUT2D eigenvalue weighted by atomic mass is 32.2. The maximum absolute atomic E-state index is 13.3. The molecular formula is C23H26N2O6S. The second-order valence-corrected chi connectivity index (χ2v) is 9.39. The lowest BCUT2D eigenvalue weighted by atomic mass is 10.1. The summed E-state index contributed by atoms with van der Waals surface area (Å²) >= 11 is 0. The van der Waals surface area contributed by atoms with Gasteiger partial charge >= 0.3 is 11.9 Å². The highest BCUT2D eigenvalue weighted by Gasteiger charge is 2.28. The van der Waals surface area contributed by atoms with Crippen molar-refractivity contribution in [2.24, 2.45) is 0 Å². The minimum absolute atomic E-state index is 0.0538. The maximum Gasteiger partial charge on any atom is 0.352 e. The van der Waals surface area contributed by atoms with Crippen LogP contribution < -0.4 is 0 Å². The molecule has 1 heterocycles. The number of hydrogen-bond donors (Lipinski definition) is 1. The summed E-state index contributed by atoms with van der Waals surface area (Å²) in [6, 6.07) is 13.4. The van der Waals surface area contributed by atoms with E-state index in [0.717, 1.165) is 20.8 Å². The molecule has 32 heavy (non-hydrogen) atoms. The zero-order valence-electron chi connectivity index (χ0n) is 18.2. The third-order valence-corrected chi connectivity index (χ3v) is 7.08. The number of benzene rings is 2. The Morgan fingerprint density at radius 2 is 1.78 bits per heavy atom. The quantitative estimate of drug-likeness (QED) is 0.494. The molecule has 1 N–H and O–H groups in total. The zero-order valence-corrected chi connectivity index (χ0v) is 19.1. The van der Waals surface area contributed by atoms with E-state index >= 15 is 0 Å². The van der Waals surface area contributed by atoms with Crippen LogP contribution in [0.4, 0.5) is 0 Å². The number of nitrogens with zero attached hydrogens (tertiary/aromatic N) is 2. The van der Waals surface area contributed by atoms with Crippen molar-refractivity contribution in [2.75, 3.05) is 19.7 Å². The van der Waals surface area contributed by atoms with E-state index in [1.807, 2.05) is 26.0 Å². The van der Waals surface area contributed by atoms with Crippen LogP contribution in [0.5, 0.6) is 0 Å². The van der Waals surface area contributed by atoms with Gasteiger partial charge in [-0.25, -0.2) is 13.2 Å². The summed E-state index contributed by atoms with van der Waals surface area (Å²) in [6.45, 7) is 4.98. The van der Waals surface area contributed by atoms with Crippen LogP contribution in [0.25, 0.3) is 10.9 Å². The molecule has 0 atom stereocenters. The molecule has 0 unspecified atom stereocenters. The first-order valence-electron chi connectivity index (χ1n) is 10.2. The fourth-order valence-corrected chi connectivity index (χ4v) is 4.93. The van der Waals surface area contributed by atoms with Crippen LogP contribution >= 0.6 is 0 Å². The number of ether oxygens (including phenoxy) is 1. The number of hydrogen-bond acceptors (Lipinski definition) is 5. The summed E-state index contributed by atoms with van der Waals surface area (Å²) in [7, 11) is -4.01. The van der Waals surface area contributed by atoms with Crippen LogP contribution in [-0.4, -0.2) is 54.0 Å². The van der Waals surface area contributed by atoms with Crippen molar-refractivity contribution < 1.29 is 27.9 Å². The number of carbonyl (C=O) groups excluding carboxylic acids is 1. The van der Waals surface area contributed by atoms with E-state index in [1.165, 1.54) is 12.1 Å². The van der Waals surface area contributed by atoms with Gasteiger partial charge in [0.1, 0.15) is 12.2 Å². The largest absolute Gasteiger partial charge is 0.477 e. The average Bonchev–Trinajstić information content (AvgIpc) is 3.12. The number of esters is 1. The lowest BCUT2D eigenvalue weighted by Gasteiger charge is -2.22. The molecule has 170 valence electrons. The maximum atomic E-state index is 13.3. The highest BCUT2D eigenvalue weighted by molar-refractivity contribution is 7.89. The SMILES string of the molecule is CCOC(=O)CN(CCn1c(C(=O)O)cc2c(C)cccc21)S(=O)(=O)c1ccc(C)cc1. The Bertz CT molecular complexity index is 1250. The molecule has 0 aliphatic heterocycles. The molecule has 0 saturated carbocycles. The zero-order chi connectivity index (χ0) is 23.5. The van der Waals surface area contributed by atoms with E-state index in [0.29, 0.717) is 5.52 Å². The smallest absolute Gasteiger partial charge is 0.352 e. The van der Waals surface area contributed by atoms with Gasteiger partial charge in [-0.1, -0.05) is 29.8 Å². The summed E-state index contributed by atoms with van der Waals surface area (Å²) < 4.78 is 34.1. The molecule has 0 radical (unpaired) electrons. The van der Waals surface area contributed by atoms with E-state index in [-0.39, 0.29) is 30.3 Å². The van der Waals surface area contributed by atoms with Gasteiger partial charge in [-0.3, -0.25) is 4.79 Å². The lowest BCUT2D eigenvalue weighted by Crippen LogP contribution is -2.38. The molecule has 0 amide bonds. The molecule has 0 saturated heterocycles. The minimum atomic E-state index is -4.01. The van der Waals surface area contributed by atoms with E-state index in [2.05, 4.69) is 0 Å². The fourth-order valence-electron chi connectivity index (χ4n) is 3.56. The lowest BCUT2D eigenvalue weighted by molar-refractivity contribution is -0.143. The van der Waals surface area contributed by atoms with E-state index in [4.69, 9.17) is 4.74 Å². The predicted molar refractivity (Wildman–Crippen MR) is 120 cm³/mol. The van der Waals surface area contributed by atoms with Crippen molar-refractivity contribution in [3.05, 3.63) is 65.4 Å². The van der Waals surface area contributed by atoms with E-state index in [1.54, 1.807) is 35.8 Å². The summed E-state index contributed by atoms with van der Waals surface area (Å²) in [6.07, 6.45) is 0. The van der Waals surface area contributed by atoms with Gasteiger partial charge in [0, 0.05) is 24.0 Å². The third-order valence-electron chi connectivity index (χ3n) is 5.23. The summed E-state index contributed by atoms with van der Waals surface area (Å²) in [4.78, 5) is 24.0.